The van der Waals surface area contributed by atoms with Crippen molar-refractivity contribution in [2.24, 2.45) is 5.92 Å². The van der Waals surface area contributed by atoms with Crippen LogP contribution in [0.1, 0.15) is 30.7 Å². The summed E-state index contributed by atoms with van der Waals surface area (Å²) in [6.07, 6.45) is 3.38. The zero-order valence-corrected chi connectivity index (χ0v) is 14.0. The molecule has 20 heavy (non-hydrogen) atoms. The second-order valence-corrected chi connectivity index (χ2v) is 7.04. The summed E-state index contributed by atoms with van der Waals surface area (Å²) in [7, 11) is 3.67. The number of ether oxygens (including phenoxy) is 1. The Labute approximate surface area is 133 Å². The van der Waals surface area contributed by atoms with Crippen molar-refractivity contribution in [1.82, 2.24) is 4.90 Å². The van der Waals surface area contributed by atoms with Crippen LogP contribution in [0.25, 0.3) is 0 Å². The van der Waals surface area contributed by atoms with Gasteiger partial charge in [0.05, 0.1) is 13.0 Å². The van der Waals surface area contributed by atoms with Crippen LogP contribution >= 0.6 is 22.6 Å². The van der Waals surface area contributed by atoms with Crippen LogP contribution in [-0.2, 0) is 9.53 Å². The molecule has 3 nitrogen and oxygen atoms in total. The van der Waals surface area contributed by atoms with Gasteiger partial charge in [0.25, 0.3) is 0 Å². The van der Waals surface area contributed by atoms with Gasteiger partial charge in [-0.2, -0.15) is 0 Å². The number of carbonyl (C=O) groups is 1. The molecule has 1 aromatic rings. The molecule has 3 rings (SSSR count). The van der Waals surface area contributed by atoms with E-state index in [9.17, 15) is 4.79 Å². The van der Waals surface area contributed by atoms with Gasteiger partial charge in [0.15, 0.2) is 0 Å². The van der Waals surface area contributed by atoms with E-state index in [0.717, 1.165) is 12.8 Å². The zero-order valence-electron chi connectivity index (χ0n) is 11.9. The molecule has 0 N–H and O–H groups in total. The van der Waals surface area contributed by atoms with Gasteiger partial charge >= 0.3 is 5.97 Å². The van der Waals surface area contributed by atoms with Crippen LogP contribution in [0.5, 0.6) is 0 Å². The third kappa shape index (κ3) is 2.26. The zero-order chi connectivity index (χ0) is 14.3. The van der Waals surface area contributed by atoms with Crippen molar-refractivity contribution in [3.8, 4) is 0 Å². The van der Waals surface area contributed by atoms with E-state index in [1.165, 1.54) is 22.7 Å². The summed E-state index contributed by atoms with van der Waals surface area (Å²) in [4.78, 5) is 14.7. The number of nitrogens with zero attached hydrogens (tertiary/aromatic N) is 1. The van der Waals surface area contributed by atoms with Crippen molar-refractivity contribution in [2.75, 3.05) is 14.2 Å². The van der Waals surface area contributed by atoms with E-state index in [2.05, 4.69) is 58.8 Å². The average molecular weight is 385 g/mol. The SMILES string of the molecule is COC(=O)[C@@H]1[C@@H](c2ccccc2I)C[C@@H]2CC[C@H]1N2C. The van der Waals surface area contributed by atoms with Crippen molar-refractivity contribution in [3.05, 3.63) is 33.4 Å². The smallest absolute Gasteiger partial charge is 0.310 e. The van der Waals surface area contributed by atoms with Gasteiger partial charge in [-0.05, 0) is 60.5 Å². The molecular formula is C16H20INO2. The normalized spacial score (nSPS) is 33.1. The van der Waals surface area contributed by atoms with Crippen molar-refractivity contribution in [1.29, 1.82) is 0 Å². The molecule has 0 aromatic heterocycles. The number of esters is 1. The van der Waals surface area contributed by atoms with Crippen molar-refractivity contribution in [2.45, 2.75) is 37.3 Å². The Kier molecular flexibility index (Phi) is 4.04. The Balaban J connectivity index is 2.00. The van der Waals surface area contributed by atoms with Crippen LogP contribution < -0.4 is 0 Å². The number of fused-ring (bicyclic) bond motifs is 2. The third-order valence-electron chi connectivity index (χ3n) is 5.05. The van der Waals surface area contributed by atoms with Crippen LogP contribution in [-0.4, -0.2) is 37.1 Å². The summed E-state index contributed by atoms with van der Waals surface area (Å²) in [5.41, 5.74) is 1.31. The lowest BCUT2D eigenvalue weighted by Gasteiger charge is -2.42. The van der Waals surface area contributed by atoms with Crippen molar-refractivity contribution < 1.29 is 9.53 Å². The molecular weight excluding hydrogens is 365 g/mol. The van der Waals surface area contributed by atoms with Gasteiger partial charge in [-0.3, -0.25) is 9.69 Å². The first kappa shape index (κ1) is 14.3. The molecule has 4 heteroatoms. The number of benzene rings is 1. The van der Waals surface area contributed by atoms with E-state index in [4.69, 9.17) is 4.74 Å². The highest BCUT2D eigenvalue weighted by Gasteiger charge is 2.49. The molecule has 2 saturated heterocycles. The number of rotatable bonds is 2. The fourth-order valence-electron chi connectivity index (χ4n) is 4.02. The van der Waals surface area contributed by atoms with E-state index in [-0.39, 0.29) is 11.9 Å². The summed E-state index contributed by atoms with van der Waals surface area (Å²) < 4.78 is 6.37. The maximum absolute atomic E-state index is 12.3. The van der Waals surface area contributed by atoms with Crippen molar-refractivity contribution in [3.63, 3.8) is 0 Å². The van der Waals surface area contributed by atoms with Crippen molar-refractivity contribution >= 4 is 28.6 Å². The van der Waals surface area contributed by atoms with Gasteiger partial charge in [-0.25, -0.2) is 0 Å². The Morgan fingerprint density at radius 2 is 2.10 bits per heavy atom. The lowest BCUT2D eigenvalue weighted by molar-refractivity contribution is -0.150. The molecule has 4 atom stereocenters. The van der Waals surface area contributed by atoms with Gasteiger partial charge in [0.2, 0.25) is 0 Å². The van der Waals surface area contributed by atoms with E-state index in [1.807, 2.05) is 0 Å². The highest BCUT2D eigenvalue weighted by Crippen LogP contribution is 2.47. The van der Waals surface area contributed by atoms with Crippen LogP contribution in [0.15, 0.2) is 24.3 Å². The molecule has 2 heterocycles. The lowest BCUT2D eigenvalue weighted by atomic mass is 9.76. The molecule has 0 amide bonds. The number of piperidine rings is 1. The quantitative estimate of drug-likeness (QED) is 0.579. The fraction of sp³-hybridized carbons (Fsp3) is 0.562. The van der Waals surface area contributed by atoms with E-state index < -0.39 is 0 Å². The minimum absolute atomic E-state index is 0.0281. The second kappa shape index (κ2) is 5.64. The molecule has 2 aliphatic heterocycles. The Morgan fingerprint density at radius 3 is 2.80 bits per heavy atom. The molecule has 108 valence electrons. The summed E-state index contributed by atoms with van der Waals surface area (Å²) in [6.45, 7) is 0. The first-order valence-electron chi connectivity index (χ1n) is 7.17. The monoisotopic (exact) mass is 385 g/mol. The van der Waals surface area contributed by atoms with Crippen LogP contribution in [0.3, 0.4) is 0 Å². The molecule has 0 radical (unpaired) electrons. The van der Waals surface area contributed by atoms with E-state index in [1.54, 1.807) is 0 Å². The third-order valence-corrected chi connectivity index (χ3v) is 6.03. The lowest BCUT2D eigenvalue weighted by Crippen LogP contribution is -2.49. The van der Waals surface area contributed by atoms with Crippen LogP contribution in [0, 0.1) is 9.49 Å². The first-order valence-corrected chi connectivity index (χ1v) is 8.25. The molecule has 0 saturated carbocycles. The number of carbonyl (C=O) groups excluding carboxylic acids is 1. The number of hydrogen-bond donors (Lipinski definition) is 0. The summed E-state index contributed by atoms with van der Waals surface area (Å²) in [5.74, 6) is 0.218. The topological polar surface area (TPSA) is 29.5 Å². The predicted molar refractivity (Wildman–Crippen MR) is 86.6 cm³/mol. The minimum Gasteiger partial charge on any atom is -0.469 e. The second-order valence-electron chi connectivity index (χ2n) is 5.88. The predicted octanol–water partition coefficient (Wildman–Crippen LogP) is 3.03. The van der Waals surface area contributed by atoms with E-state index >= 15 is 0 Å². The average Bonchev–Trinajstić information content (AvgIpc) is 2.70. The minimum atomic E-state index is -0.0492. The number of halogens is 1. The highest BCUT2D eigenvalue weighted by atomic mass is 127. The first-order chi connectivity index (χ1) is 9.63. The van der Waals surface area contributed by atoms with Gasteiger partial charge in [-0.1, -0.05) is 18.2 Å². The van der Waals surface area contributed by atoms with Gasteiger partial charge in [0, 0.05) is 21.6 Å². The van der Waals surface area contributed by atoms with E-state index in [0.29, 0.717) is 18.0 Å². The highest BCUT2D eigenvalue weighted by molar-refractivity contribution is 14.1. The summed E-state index contributed by atoms with van der Waals surface area (Å²) in [5, 5.41) is 0. The Bertz CT molecular complexity index is 519. The maximum Gasteiger partial charge on any atom is 0.310 e. The van der Waals surface area contributed by atoms with Crippen LogP contribution in [0.4, 0.5) is 0 Å². The maximum atomic E-state index is 12.3. The standard InChI is InChI=1S/C16H20INO2/c1-18-10-7-8-14(18)15(16(19)20-2)12(9-10)11-5-3-4-6-13(11)17/h3-6,10,12,14-15H,7-9H2,1-2H3/t10-,12+,14+,15+/m0/s1. The molecule has 0 aliphatic carbocycles. The largest absolute Gasteiger partial charge is 0.469 e. The molecule has 2 fully saturated rings. The fourth-order valence-corrected chi connectivity index (χ4v) is 4.81. The molecule has 1 aromatic carbocycles. The van der Waals surface area contributed by atoms with Crippen LogP contribution in [0.2, 0.25) is 0 Å². The summed E-state index contributed by atoms with van der Waals surface area (Å²) in [6, 6.07) is 9.38. The molecule has 2 aliphatic rings. The van der Waals surface area contributed by atoms with Gasteiger partial charge in [0.1, 0.15) is 0 Å². The summed E-state index contributed by atoms with van der Waals surface area (Å²) >= 11 is 2.38. The van der Waals surface area contributed by atoms with Gasteiger partial charge < -0.3 is 4.74 Å². The molecule has 2 bridgehead atoms. The Hall–Kier alpha value is -0.620. The Morgan fingerprint density at radius 1 is 1.35 bits per heavy atom. The molecule has 0 unspecified atom stereocenters. The number of methoxy groups -OCH3 is 1. The van der Waals surface area contributed by atoms with Gasteiger partial charge in [-0.15, -0.1) is 0 Å². The number of hydrogen-bond acceptors (Lipinski definition) is 3. The molecule has 0 spiro atoms.